The van der Waals surface area contributed by atoms with E-state index in [1.165, 1.54) is 0 Å². The third-order valence-electron chi connectivity index (χ3n) is 3.11. The Labute approximate surface area is 124 Å². The summed E-state index contributed by atoms with van der Waals surface area (Å²) in [4.78, 5) is 20.8. The number of carbonyl (C=O) groups is 1. The monoisotopic (exact) mass is 284 g/mol. The molecule has 0 saturated heterocycles. The van der Waals surface area contributed by atoms with Crippen molar-refractivity contribution in [1.29, 1.82) is 0 Å². The van der Waals surface area contributed by atoms with Gasteiger partial charge in [-0.1, -0.05) is 6.92 Å². The lowest BCUT2D eigenvalue weighted by atomic mass is 10.2. The fraction of sp³-hybridized carbons (Fsp3) is 0.312. The van der Waals surface area contributed by atoms with Gasteiger partial charge in [0.25, 0.3) is 5.91 Å². The lowest BCUT2D eigenvalue weighted by Gasteiger charge is -2.13. The van der Waals surface area contributed by atoms with Crippen molar-refractivity contribution in [1.82, 2.24) is 9.97 Å². The first-order valence-corrected chi connectivity index (χ1v) is 7.05. The molecule has 0 atom stereocenters. The quantitative estimate of drug-likeness (QED) is 0.885. The van der Waals surface area contributed by atoms with E-state index in [1.807, 2.05) is 26.0 Å². The normalized spacial score (nSPS) is 10.2. The summed E-state index contributed by atoms with van der Waals surface area (Å²) < 4.78 is 0. The van der Waals surface area contributed by atoms with Crippen LogP contribution in [-0.2, 0) is 0 Å². The number of carbonyl (C=O) groups excluding carboxylic acids is 1. The van der Waals surface area contributed by atoms with Gasteiger partial charge in [0.2, 0.25) is 0 Å². The van der Waals surface area contributed by atoms with Crippen molar-refractivity contribution >= 4 is 17.3 Å². The Bertz CT molecular complexity index is 640. The van der Waals surface area contributed by atoms with E-state index >= 15 is 0 Å². The molecule has 2 N–H and O–H groups in total. The molecule has 0 unspecified atom stereocenters. The number of nitrogens with one attached hydrogen (secondary N) is 2. The van der Waals surface area contributed by atoms with Gasteiger partial charge in [0.05, 0.1) is 22.6 Å². The summed E-state index contributed by atoms with van der Waals surface area (Å²) >= 11 is 0. The number of rotatable bonds is 5. The number of nitrogens with zero attached hydrogens (tertiary/aromatic N) is 2. The Kier molecular flexibility index (Phi) is 4.87. The van der Waals surface area contributed by atoms with Gasteiger partial charge in [-0.25, -0.2) is 0 Å². The Balaban J connectivity index is 2.24. The molecule has 2 heterocycles. The molecule has 0 saturated carbocycles. The highest BCUT2D eigenvalue weighted by atomic mass is 16.1. The molecule has 0 spiro atoms. The summed E-state index contributed by atoms with van der Waals surface area (Å²) in [5.41, 5.74) is 3.72. The number of amides is 1. The summed E-state index contributed by atoms with van der Waals surface area (Å²) in [6.07, 6.45) is 4.30. The molecule has 2 aromatic rings. The van der Waals surface area contributed by atoms with Crippen LogP contribution in [0, 0.1) is 13.8 Å². The van der Waals surface area contributed by atoms with E-state index in [-0.39, 0.29) is 5.91 Å². The van der Waals surface area contributed by atoms with E-state index in [9.17, 15) is 4.79 Å². The largest absolute Gasteiger partial charge is 0.384 e. The van der Waals surface area contributed by atoms with Crippen molar-refractivity contribution in [3.63, 3.8) is 0 Å². The van der Waals surface area contributed by atoms with E-state index in [2.05, 4.69) is 27.5 Å². The SMILES string of the molecule is CCCNc1cc(C)ncc1C(=O)Nc1cccnc1C. The van der Waals surface area contributed by atoms with Crippen molar-refractivity contribution in [2.24, 2.45) is 0 Å². The fourth-order valence-corrected chi connectivity index (χ4v) is 1.95. The van der Waals surface area contributed by atoms with Gasteiger partial charge in [0.15, 0.2) is 0 Å². The molecule has 0 bridgehead atoms. The van der Waals surface area contributed by atoms with Crippen molar-refractivity contribution in [2.45, 2.75) is 27.2 Å². The molecule has 0 aliphatic rings. The van der Waals surface area contributed by atoms with Crippen LogP contribution in [-0.4, -0.2) is 22.4 Å². The van der Waals surface area contributed by atoms with Gasteiger partial charge in [-0.15, -0.1) is 0 Å². The highest BCUT2D eigenvalue weighted by molar-refractivity contribution is 6.08. The smallest absolute Gasteiger partial charge is 0.259 e. The van der Waals surface area contributed by atoms with E-state index in [1.54, 1.807) is 18.5 Å². The number of aryl methyl sites for hydroxylation is 2. The van der Waals surface area contributed by atoms with Gasteiger partial charge in [-0.2, -0.15) is 0 Å². The average Bonchev–Trinajstić information content (AvgIpc) is 2.47. The number of hydrogen-bond donors (Lipinski definition) is 2. The Hall–Kier alpha value is -2.43. The number of aromatic nitrogens is 2. The van der Waals surface area contributed by atoms with Gasteiger partial charge >= 0.3 is 0 Å². The minimum atomic E-state index is -0.183. The maximum atomic E-state index is 12.4. The first kappa shape index (κ1) is 15.0. The minimum absolute atomic E-state index is 0.183. The summed E-state index contributed by atoms with van der Waals surface area (Å²) in [5.74, 6) is -0.183. The van der Waals surface area contributed by atoms with Gasteiger partial charge in [0.1, 0.15) is 0 Å². The van der Waals surface area contributed by atoms with Gasteiger partial charge in [0, 0.05) is 24.6 Å². The number of anilines is 2. The van der Waals surface area contributed by atoms with E-state index < -0.39 is 0 Å². The Morgan fingerprint density at radius 2 is 2.05 bits per heavy atom. The van der Waals surface area contributed by atoms with Crippen LogP contribution < -0.4 is 10.6 Å². The van der Waals surface area contributed by atoms with Crippen LogP contribution in [0.4, 0.5) is 11.4 Å². The predicted molar refractivity (Wildman–Crippen MR) is 84.7 cm³/mol. The zero-order chi connectivity index (χ0) is 15.2. The molecule has 1 amide bonds. The summed E-state index contributed by atoms with van der Waals surface area (Å²) in [6, 6.07) is 5.52. The molecule has 0 aliphatic heterocycles. The summed E-state index contributed by atoms with van der Waals surface area (Å²) in [5, 5.41) is 6.15. The zero-order valence-electron chi connectivity index (χ0n) is 12.6. The molecule has 2 aromatic heterocycles. The molecule has 0 aliphatic carbocycles. The van der Waals surface area contributed by atoms with Gasteiger partial charge < -0.3 is 10.6 Å². The Morgan fingerprint density at radius 1 is 1.24 bits per heavy atom. The fourth-order valence-electron chi connectivity index (χ4n) is 1.95. The second-order valence-electron chi connectivity index (χ2n) is 4.89. The number of pyridine rings is 2. The molecule has 5 heteroatoms. The number of hydrogen-bond acceptors (Lipinski definition) is 4. The third-order valence-corrected chi connectivity index (χ3v) is 3.11. The first-order chi connectivity index (χ1) is 10.1. The second kappa shape index (κ2) is 6.83. The predicted octanol–water partition coefficient (Wildman–Crippen LogP) is 3.17. The van der Waals surface area contributed by atoms with Crippen molar-refractivity contribution < 1.29 is 4.79 Å². The molecule has 0 radical (unpaired) electrons. The van der Waals surface area contributed by atoms with Gasteiger partial charge in [-0.05, 0) is 38.5 Å². The molecule has 110 valence electrons. The van der Waals surface area contributed by atoms with Crippen LogP contribution in [0.1, 0.15) is 35.1 Å². The van der Waals surface area contributed by atoms with Crippen molar-refractivity contribution in [3.05, 3.63) is 47.5 Å². The summed E-state index contributed by atoms with van der Waals surface area (Å²) in [7, 11) is 0. The van der Waals surface area contributed by atoms with Crippen LogP contribution in [0.25, 0.3) is 0 Å². The molecule has 0 fully saturated rings. The third kappa shape index (κ3) is 3.78. The van der Waals surface area contributed by atoms with Gasteiger partial charge in [-0.3, -0.25) is 14.8 Å². The first-order valence-electron chi connectivity index (χ1n) is 7.05. The standard InChI is InChI=1S/C16H20N4O/c1-4-7-18-15-9-11(2)19-10-13(15)16(21)20-14-6-5-8-17-12(14)3/h5-6,8-10H,4,7H2,1-3H3,(H,18,19)(H,20,21). The zero-order valence-corrected chi connectivity index (χ0v) is 12.6. The van der Waals surface area contributed by atoms with E-state index in [0.29, 0.717) is 11.3 Å². The average molecular weight is 284 g/mol. The second-order valence-corrected chi connectivity index (χ2v) is 4.89. The maximum absolute atomic E-state index is 12.4. The van der Waals surface area contributed by atoms with Crippen LogP contribution in [0.3, 0.4) is 0 Å². The molecular formula is C16H20N4O. The molecule has 5 nitrogen and oxygen atoms in total. The van der Waals surface area contributed by atoms with Crippen molar-refractivity contribution in [2.75, 3.05) is 17.2 Å². The van der Waals surface area contributed by atoms with Crippen LogP contribution in [0.5, 0.6) is 0 Å². The van der Waals surface area contributed by atoms with Crippen LogP contribution >= 0.6 is 0 Å². The molecule has 2 rings (SSSR count). The van der Waals surface area contributed by atoms with E-state index in [0.717, 1.165) is 30.0 Å². The van der Waals surface area contributed by atoms with Crippen LogP contribution in [0.2, 0.25) is 0 Å². The topological polar surface area (TPSA) is 66.9 Å². The van der Waals surface area contributed by atoms with E-state index in [4.69, 9.17) is 0 Å². The molecular weight excluding hydrogens is 264 g/mol. The lowest BCUT2D eigenvalue weighted by molar-refractivity contribution is 0.102. The maximum Gasteiger partial charge on any atom is 0.259 e. The highest BCUT2D eigenvalue weighted by Gasteiger charge is 2.13. The lowest BCUT2D eigenvalue weighted by Crippen LogP contribution is -2.16. The molecule has 0 aromatic carbocycles. The van der Waals surface area contributed by atoms with Crippen LogP contribution in [0.15, 0.2) is 30.6 Å². The van der Waals surface area contributed by atoms with Crippen molar-refractivity contribution in [3.8, 4) is 0 Å². The summed E-state index contributed by atoms with van der Waals surface area (Å²) in [6.45, 7) is 6.67. The minimum Gasteiger partial charge on any atom is -0.384 e. The molecule has 21 heavy (non-hydrogen) atoms. The Morgan fingerprint density at radius 3 is 2.76 bits per heavy atom. The highest BCUT2D eigenvalue weighted by Crippen LogP contribution is 2.19.